The van der Waals surface area contributed by atoms with Gasteiger partial charge in [-0.15, -0.1) is 0 Å². The maximum absolute atomic E-state index is 12.8. The van der Waals surface area contributed by atoms with Crippen LogP contribution < -0.4 is 10.1 Å². The van der Waals surface area contributed by atoms with Crippen LogP contribution in [0.5, 0.6) is 6.01 Å². The Hall–Kier alpha value is -2.96. The lowest BCUT2D eigenvalue weighted by Crippen LogP contribution is -2.39. The fourth-order valence-electron chi connectivity index (χ4n) is 3.28. The van der Waals surface area contributed by atoms with Crippen LogP contribution in [-0.4, -0.2) is 32.4 Å². The van der Waals surface area contributed by atoms with Crippen molar-refractivity contribution in [1.82, 2.24) is 19.7 Å². The summed E-state index contributed by atoms with van der Waals surface area (Å²) in [6.07, 6.45) is 9.18. The van der Waals surface area contributed by atoms with E-state index >= 15 is 0 Å². The van der Waals surface area contributed by atoms with Crippen LogP contribution in [-0.2, 0) is 0 Å². The van der Waals surface area contributed by atoms with E-state index in [1.165, 1.54) is 0 Å². The smallest absolute Gasteiger partial charge is 0.316 e. The average Bonchev–Trinajstić information content (AvgIpc) is 3.10. The summed E-state index contributed by atoms with van der Waals surface area (Å²) < 4.78 is 20.4. The summed E-state index contributed by atoms with van der Waals surface area (Å²) in [6, 6.07) is 8.05. The molecule has 0 aromatic carbocycles. The first kappa shape index (κ1) is 16.5. The van der Waals surface area contributed by atoms with E-state index in [4.69, 9.17) is 4.74 Å². The second-order valence-electron chi connectivity index (χ2n) is 6.51. The SMILES string of the molecule is O=C(NC1CCC(Oc2ncc(F)cn2)CC1)c1cc2ccccn2c1. The number of aromatic nitrogens is 3. The molecule has 1 aliphatic rings. The van der Waals surface area contributed by atoms with E-state index in [0.717, 1.165) is 43.6 Å². The van der Waals surface area contributed by atoms with Crippen molar-refractivity contribution in [2.45, 2.75) is 37.8 Å². The molecule has 134 valence electrons. The number of nitrogens with one attached hydrogen (secondary N) is 1. The maximum atomic E-state index is 12.8. The number of halogens is 1. The highest BCUT2D eigenvalue weighted by atomic mass is 19.1. The zero-order valence-electron chi connectivity index (χ0n) is 14.1. The Morgan fingerprint density at radius 3 is 2.69 bits per heavy atom. The number of fused-ring (bicyclic) bond motifs is 1. The number of amides is 1. The molecule has 0 saturated heterocycles. The molecule has 3 aromatic heterocycles. The maximum Gasteiger partial charge on any atom is 0.316 e. The van der Waals surface area contributed by atoms with Gasteiger partial charge in [-0.3, -0.25) is 4.79 Å². The first-order valence-electron chi connectivity index (χ1n) is 8.69. The Morgan fingerprint density at radius 2 is 1.96 bits per heavy atom. The van der Waals surface area contributed by atoms with Crippen LogP contribution in [0.25, 0.3) is 5.52 Å². The van der Waals surface area contributed by atoms with Crippen molar-refractivity contribution in [2.24, 2.45) is 0 Å². The van der Waals surface area contributed by atoms with Gasteiger partial charge < -0.3 is 14.5 Å². The molecule has 0 radical (unpaired) electrons. The summed E-state index contributed by atoms with van der Waals surface area (Å²) in [5.74, 6) is -0.540. The lowest BCUT2D eigenvalue weighted by atomic mass is 9.93. The van der Waals surface area contributed by atoms with Crippen LogP contribution in [0.15, 0.2) is 49.1 Å². The van der Waals surface area contributed by atoms with E-state index in [2.05, 4.69) is 15.3 Å². The summed E-state index contributed by atoms with van der Waals surface area (Å²) in [5, 5.41) is 3.10. The topological polar surface area (TPSA) is 68.5 Å². The van der Waals surface area contributed by atoms with Crippen LogP contribution in [0.3, 0.4) is 0 Å². The second kappa shape index (κ2) is 7.11. The fourth-order valence-corrected chi connectivity index (χ4v) is 3.28. The summed E-state index contributed by atoms with van der Waals surface area (Å²) in [7, 11) is 0. The number of nitrogens with zero attached hydrogens (tertiary/aromatic N) is 3. The van der Waals surface area contributed by atoms with Crippen molar-refractivity contribution in [2.75, 3.05) is 0 Å². The summed E-state index contributed by atoms with van der Waals surface area (Å²) >= 11 is 0. The fraction of sp³-hybridized carbons (Fsp3) is 0.316. The minimum Gasteiger partial charge on any atom is -0.460 e. The van der Waals surface area contributed by atoms with E-state index in [1.54, 1.807) is 0 Å². The van der Waals surface area contributed by atoms with Crippen molar-refractivity contribution in [3.05, 3.63) is 60.4 Å². The van der Waals surface area contributed by atoms with Gasteiger partial charge in [0.15, 0.2) is 5.82 Å². The quantitative estimate of drug-likeness (QED) is 0.782. The molecule has 0 aliphatic heterocycles. The minimum atomic E-state index is -0.484. The highest BCUT2D eigenvalue weighted by Gasteiger charge is 2.24. The number of rotatable bonds is 4. The molecule has 1 aliphatic carbocycles. The Kier molecular flexibility index (Phi) is 4.51. The molecular weight excluding hydrogens is 335 g/mol. The molecule has 1 fully saturated rings. The third kappa shape index (κ3) is 3.66. The molecule has 0 atom stereocenters. The highest BCUT2D eigenvalue weighted by molar-refractivity contribution is 5.95. The molecule has 3 heterocycles. The molecule has 0 unspecified atom stereocenters. The van der Waals surface area contributed by atoms with E-state index in [1.807, 2.05) is 41.1 Å². The van der Waals surface area contributed by atoms with Crippen LogP contribution in [0.2, 0.25) is 0 Å². The Morgan fingerprint density at radius 1 is 1.19 bits per heavy atom. The third-order valence-corrected chi connectivity index (χ3v) is 4.64. The van der Waals surface area contributed by atoms with Gasteiger partial charge in [0.2, 0.25) is 0 Å². The Labute approximate surface area is 150 Å². The van der Waals surface area contributed by atoms with Gasteiger partial charge >= 0.3 is 6.01 Å². The number of carbonyl (C=O) groups is 1. The molecule has 0 bridgehead atoms. The van der Waals surface area contributed by atoms with Crippen LogP contribution >= 0.6 is 0 Å². The monoisotopic (exact) mass is 354 g/mol. The van der Waals surface area contributed by atoms with Crippen molar-refractivity contribution in [3.63, 3.8) is 0 Å². The molecule has 26 heavy (non-hydrogen) atoms. The Bertz CT molecular complexity index is 868. The number of carbonyl (C=O) groups excluding carboxylic acids is 1. The molecule has 1 amide bonds. The molecule has 0 spiro atoms. The molecule has 3 aromatic rings. The molecule has 4 rings (SSSR count). The number of hydrogen-bond donors (Lipinski definition) is 1. The van der Waals surface area contributed by atoms with Crippen LogP contribution in [0.4, 0.5) is 4.39 Å². The molecule has 1 N–H and O–H groups in total. The van der Waals surface area contributed by atoms with Crippen LogP contribution in [0, 0.1) is 5.82 Å². The number of hydrogen-bond acceptors (Lipinski definition) is 4. The lowest BCUT2D eigenvalue weighted by Gasteiger charge is -2.28. The zero-order chi connectivity index (χ0) is 17.9. The first-order valence-corrected chi connectivity index (χ1v) is 8.69. The number of pyridine rings is 1. The van der Waals surface area contributed by atoms with E-state index in [9.17, 15) is 9.18 Å². The van der Waals surface area contributed by atoms with E-state index in [-0.39, 0.29) is 24.1 Å². The van der Waals surface area contributed by atoms with Crippen molar-refractivity contribution < 1.29 is 13.9 Å². The van der Waals surface area contributed by atoms with Crippen molar-refractivity contribution >= 4 is 11.4 Å². The molecule has 1 saturated carbocycles. The largest absolute Gasteiger partial charge is 0.460 e. The van der Waals surface area contributed by atoms with Gasteiger partial charge in [0.25, 0.3) is 5.91 Å². The van der Waals surface area contributed by atoms with Gasteiger partial charge in [-0.1, -0.05) is 6.07 Å². The van der Waals surface area contributed by atoms with Gasteiger partial charge in [0.1, 0.15) is 6.10 Å². The standard InChI is InChI=1S/C19H19FN4O2/c20-14-10-21-19(22-11-14)26-17-6-4-15(5-7-17)23-18(25)13-9-16-3-1-2-8-24(16)12-13/h1-3,8-12,15,17H,4-7H2,(H,23,25). The predicted octanol–water partition coefficient (Wildman–Crippen LogP) is 2.99. The predicted molar refractivity (Wildman–Crippen MR) is 93.5 cm³/mol. The summed E-state index contributed by atoms with van der Waals surface area (Å²) in [5.41, 5.74) is 1.66. The van der Waals surface area contributed by atoms with Gasteiger partial charge in [-0.25, -0.2) is 14.4 Å². The average molecular weight is 354 g/mol. The number of ether oxygens (including phenoxy) is 1. The highest BCUT2D eigenvalue weighted by Crippen LogP contribution is 2.22. The third-order valence-electron chi connectivity index (χ3n) is 4.64. The van der Waals surface area contributed by atoms with Gasteiger partial charge in [0.05, 0.1) is 18.0 Å². The molecule has 6 nitrogen and oxygen atoms in total. The first-order chi connectivity index (χ1) is 12.7. The van der Waals surface area contributed by atoms with Crippen molar-refractivity contribution in [1.29, 1.82) is 0 Å². The minimum absolute atomic E-state index is 0.00863. The summed E-state index contributed by atoms with van der Waals surface area (Å²) in [4.78, 5) is 20.1. The van der Waals surface area contributed by atoms with E-state index in [0.29, 0.717) is 5.56 Å². The molecular formula is C19H19FN4O2. The van der Waals surface area contributed by atoms with Gasteiger partial charge in [-0.2, -0.15) is 0 Å². The lowest BCUT2D eigenvalue weighted by molar-refractivity contribution is 0.0885. The Balaban J connectivity index is 1.30. The van der Waals surface area contributed by atoms with Gasteiger partial charge in [0, 0.05) is 24.0 Å². The van der Waals surface area contributed by atoms with Crippen molar-refractivity contribution in [3.8, 4) is 6.01 Å². The second-order valence-corrected chi connectivity index (χ2v) is 6.51. The normalized spacial score (nSPS) is 20.0. The van der Waals surface area contributed by atoms with Crippen LogP contribution in [0.1, 0.15) is 36.0 Å². The zero-order valence-corrected chi connectivity index (χ0v) is 14.1. The summed E-state index contributed by atoms with van der Waals surface area (Å²) in [6.45, 7) is 0. The molecule has 7 heteroatoms. The van der Waals surface area contributed by atoms with E-state index < -0.39 is 5.82 Å². The van der Waals surface area contributed by atoms with Gasteiger partial charge in [-0.05, 0) is 43.9 Å².